The van der Waals surface area contributed by atoms with Crippen molar-refractivity contribution in [2.45, 2.75) is 38.1 Å². The van der Waals surface area contributed by atoms with Gasteiger partial charge in [0.05, 0.1) is 12.7 Å². The standard InChI is InChI=1S/C19H31N5O.HI/c1-20-19(22-10-12-25-18-7-4-9-21-13-18)23-17-8-11-24(15-17)14-16-5-2-3-6-16;/h4,7,9,13,16-17H,2-3,5-6,8,10-12,14-15H2,1H3,(H2,20,22,23);1H. The van der Waals surface area contributed by atoms with E-state index in [-0.39, 0.29) is 24.0 Å². The van der Waals surface area contributed by atoms with E-state index in [0.717, 1.165) is 24.2 Å². The molecule has 1 aliphatic carbocycles. The first-order valence-corrected chi connectivity index (χ1v) is 9.56. The Morgan fingerprint density at radius 3 is 2.92 bits per heavy atom. The average molecular weight is 473 g/mol. The Morgan fingerprint density at radius 1 is 1.35 bits per heavy atom. The van der Waals surface area contributed by atoms with E-state index in [0.29, 0.717) is 19.2 Å². The lowest BCUT2D eigenvalue weighted by Gasteiger charge is -2.21. The molecule has 0 bridgehead atoms. The van der Waals surface area contributed by atoms with Gasteiger partial charge in [-0.2, -0.15) is 0 Å². The van der Waals surface area contributed by atoms with Gasteiger partial charge >= 0.3 is 0 Å². The lowest BCUT2D eigenvalue weighted by atomic mass is 10.1. The fourth-order valence-corrected chi connectivity index (χ4v) is 3.83. The highest BCUT2D eigenvalue weighted by Gasteiger charge is 2.26. The highest BCUT2D eigenvalue weighted by atomic mass is 127. The van der Waals surface area contributed by atoms with Crippen molar-refractivity contribution >= 4 is 29.9 Å². The van der Waals surface area contributed by atoms with Crippen molar-refractivity contribution in [3.8, 4) is 5.75 Å². The molecule has 146 valence electrons. The van der Waals surface area contributed by atoms with Gasteiger partial charge in [-0.15, -0.1) is 24.0 Å². The highest BCUT2D eigenvalue weighted by Crippen LogP contribution is 2.26. The third-order valence-corrected chi connectivity index (χ3v) is 5.13. The molecule has 1 aliphatic heterocycles. The molecular formula is C19H32IN5O. The molecule has 1 saturated heterocycles. The summed E-state index contributed by atoms with van der Waals surface area (Å²) in [7, 11) is 1.82. The van der Waals surface area contributed by atoms with E-state index in [2.05, 4.69) is 25.5 Å². The van der Waals surface area contributed by atoms with E-state index in [1.54, 1.807) is 12.4 Å². The van der Waals surface area contributed by atoms with Crippen LogP contribution < -0.4 is 15.4 Å². The summed E-state index contributed by atoms with van der Waals surface area (Å²) in [6.45, 7) is 4.92. The third kappa shape index (κ3) is 6.90. The summed E-state index contributed by atoms with van der Waals surface area (Å²) in [5.74, 6) is 2.59. The quantitative estimate of drug-likeness (QED) is 0.276. The number of ether oxygens (including phenoxy) is 1. The maximum absolute atomic E-state index is 5.65. The molecule has 2 fully saturated rings. The minimum Gasteiger partial charge on any atom is -0.490 e. The maximum Gasteiger partial charge on any atom is 0.191 e. The lowest BCUT2D eigenvalue weighted by molar-refractivity contribution is 0.275. The van der Waals surface area contributed by atoms with E-state index in [1.165, 1.54) is 45.2 Å². The van der Waals surface area contributed by atoms with Crippen LogP contribution in [-0.4, -0.2) is 61.7 Å². The number of hydrogen-bond donors (Lipinski definition) is 2. The molecule has 6 nitrogen and oxygen atoms in total. The molecule has 2 heterocycles. The minimum atomic E-state index is 0. The Balaban J connectivity index is 0.00000243. The van der Waals surface area contributed by atoms with Gasteiger partial charge in [-0.1, -0.05) is 12.8 Å². The average Bonchev–Trinajstić information content (AvgIpc) is 3.31. The number of nitrogens with one attached hydrogen (secondary N) is 2. The van der Waals surface area contributed by atoms with E-state index < -0.39 is 0 Å². The first kappa shape index (κ1) is 21.2. The van der Waals surface area contributed by atoms with Crippen molar-refractivity contribution in [1.29, 1.82) is 0 Å². The SMILES string of the molecule is CN=C(NCCOc1cccnc1)NC1CCN(CC2CCCC2)C1.I. The Labute approximate surface area is 174 Å². The molecule has 2 aliphatic rings. The number of pyridine rings is 1. The van der Waals surface area contributed by atoms with Gasteiger partial charge in [0.2, 0.25) is 0 Å². The molecular weight excluding hydrogens is 441 g/mol. The summed E-state index contributed by atoms with van der Waals surface area (Å²) in [5, 5.41) is 6.88. The van der Waals surface area contributed by atoms with Crippen LogP contribution in [-0.2, 0) is 0 Å². The normalized spacial score (nSPS) is 21.4. The molecule has 0 radical (unpaired) electrons. The summed E-state index contributed by atoms with van der Waals surface area (Å²) in [5.41, 5.74) is 0. The van der Waals surface area contributed by atoms with Gasteiger partial charge in [-0.05, 0) is 37.3 Å². The van der Waals surface area contributed by atoms with Crippen LogP contribution in [0.5, 0.6) is 5.75 Å². The molecule has 7 heteroatoms. The highest BCUT2D eigenvalue weighted by molar-refractivity contribution is 14.0. The minimum absolute atomic E-state index is 0. The summed E-state index contributed by atoms with van der Waals surface area (Å²) < 4.78 is 5.65. The molecule has 1 atom stereocenters. The summed E-state index contributed by atoms with van der Waals surface area (Å²) in [6.07, 6.45) is 10.4. The second-order valence-corrected chi connectivity index (χ2v) is 7.08. The first-order chi connectivity index (χ1) is 12.3. The number of aliphatic imine (C=N–C) groups is 1. The largest absolute Gasteiger partial charge is 0.490 e. The van der Waals surface area contributed by atoms with Gasteiger partial charge < -0.3 is 20.3 Å². The van der Waals surface area contributed by atoms with Crippen LogP contribution in [0.15, 0.2) is 29.5 Å². The van der Waals surface area contributed by atoms with E-state index in [1.807, 2.05) is 19.2 Å². The van der Waals surface area contributed by atoms with Crippen LogP contribution in [0.25, 0.3) is 0 Å². The molecule has 0 amide bonds. The number of guanidine groups is 1. The summed E-state index contributed by atoms with van der Waals surface area (Å²) >= 11 is 0. The van der Waals surface area contributed by atoms with Crippen molar-refractivity contribution in [2.24, 2.45) is 10.9 Å². The molecule has 0 aromatic carbocycles. The van der Waals surface area contributed by atoms with Gasteiger partial charge in [-0.3, -0.25) is 9.98 Å². The van der Waals surface area contributed by atoms with E-state index in [9.17, 15) is 0 Å². The lowest BCUT2D eigenvalue weighted by Crippen LogP contribution is -2.45. The van der Waals surface area contributed by atoms with Crippen LogP contribution in [0.2, 0.25) is 0 Å². The van der Waals surface area contributed by atoms with Gasteiger partial charge in [0.15, 0.2) is 5.96 Å². The van der Waals surface area contributed by atoms with Crippen LogP contribution in [0.3, 0.4) is 0 Å². The van der Waals surface area contributed by atoms with Crippen molar-refractivity contribution < 1.29 is 4.74 Å². The topological polar surface area (TPSA) is 61.8 Å². The van der Waals surface area contributed by atoms with E-state index in [4.69, 9.17) is 4.74 Å². The molecule has 1 aromatic rings. The Morgan fingerprint density at radius 2 is 2.19 bits per heavy atom. The summed E-state index contributed by atoms with van der Waals surface area (Å²) in [6, 6.07) is 4.28. The Bertz CT molecular complexity index is 536. The number of aromatic nitrogens is 1. The van der Waals surface area contributed by atoms with Gasteiger partial charge in [0.1, 0.15) is 12.4 Å². The van der Waals surface area contributed by atoms with Crippen LogP contribution in [0.4, 0.5) is 0 Å². The smallest absolute Gasteiger partial charge is 0.191 e. The molecule has 26 heavy (non-hydrogen) atoms. The molecule has 1 aromatic heterocycles. The monoisotopic (exact) mass is 473 g/mol. The van der Waals surface area contributed by atoms with Crippen molar-refractivity contribution in [3.63, 3.8) is 0 Å². The second kappa shape index (κ2) is 11.6. The predicted octanol–water partition coefficient (Wildman–Crippen LogP) is 2.51. The van der Waals surface area contributed by atoms with Crippen molar-refractivity contribution in [2.75, 3.05) is 39.8 Å². The second-order valence-electron chi connectivity index (χ2n) is 7.08. The van der Waals surface area contributed by atoms with Crippen LogP contribution in [0.1, 0.15) is 32.1 Å². The van der Waals surface area contributed by atoms with Gasteiger partial charge in [-0.25, -0.2) is 0 Å². The number of rotatable bonds is 7. The zero-order chi connectivity index (χ0) is 17.3. The number of likely N-dealkylation sites (tertiary alicyclic amines) is 1. The third-order valence-electron chi connectivity index (χ3n) is 5.13. The number of halogens is 1. The fourth-order valence-electron chi connectivity index (χ4n) is 3.83. The zero-order valence-corrected chi connectivity index (χ0v) is 18.0. The van der Waals surface area contributed by atoms with Crippen molar-refractivity contribution in [1.82, 2.24) is 20.5 Å². The van der Waals surface area contributed by atoms with E-state index >= 15 is 0 Å². The van der Waals surface area contributed by atoms with Gasteiger partial charge in [0, 0.05) is 38.9 Å². The number of hydrogen-bond acceptors (Lipinski definition) is 4. The first-order valence-electron chi connectivity index (χ1n) is 9.56. The Kier molecular flexibility index (Phi) is 9.45. The van der Waals surface area contributed by atoms with Crippen LogP contribution >= 0.6 is 24.0 Å². The fraction of sp³-hybridized carbons (Fsp3) is 0.684. The summed E-state index contributed by atoms with van der Waals surface area (Å²) in [4.78, 5) is 11.0. The molecule has 0 spiro atoms. The maximum atomic E-state index is 5.65. The van der Waals surface area contributed by atoms with Gasteiger partial charge in [0.25, 0.3) is 0 Å². The zero-order valence-electron chi connectivity index (χ0n) is 15.7. The van der Waals surface area contributed by atoms with Crippen molar-refractivity contribution in [3.05, 3.63) is 24.5 Å². The predicted molar refractivity (Wildman–Crippen MR) is 116 cm³/mol. The van der Waals surface area contributed by atoms with Crippen LogP contribution in [0, 0.1) is 5.92 Å². The molecule has 1 saturated carbocycles. The number of nitrogens with zero attached hydrogens (tertiary/aromatic N) is 3. The Hall–Kier alpha value is -1.09. The molecule has 1 unspecified atom stereocenters. The molecule has 2 N–H and O–H groups in total. The molecule has 3 rings (SSSR count).